The van der Waals surface area contributed by atoms with Crippen molar-refractivity contribution >= 4 is 37.8 Å². The predicted molar refractivity (Wildman–Crippen MR) is 79.5 cm³/mol. The molecule has 1 aromatic carbocycles. The van der Waals surface area contributed by atoms with E-state index in [9.17, 15) is 4.79 Å². The van der Waals surface area contributed by atoms with Crippen LogP contribution in [-0.4, -0.2) is 25.2 Å². The summed E-state index contributed by atoms with van der Waals surface area (Å²) in [5.74, 6) is 0.353. The van der Waals surface area contributed by atoms with Crippen LogP contribution in [0.2, 0.25) is 0 Å². The van der Waals surface area contributed by atoms with Crippen LogP contribution < -0.4 is 4.74 Å². The molecule has 0 bridgehead atoms. The number of esters is 1. The van der Waals surface area contributed by atoms with E-state index >= 15 is 0 Å². The van der Waals surface area contributed by atoms with Crippen molar-refractivity contribution in [2.75, 3.05) is 14.2 Å². The number of benzene rings is 1. The maximum atomic E-state index is 11.6. The third-order valence-electron chi connectivity index (χ3n) is 2.65. The van der Waals surface area contributed by atoms with Crippen LogP contribution >= 0.6 is 31.9 Å². The number of methoxy groups -OCH3 is 2. The number of rotatable bonds is 3. The Bertz CT molecular complexity index is 605. The Balaban J connectivity index is 2.47. The molecule has 0 fully saturated rings. The fourth-order valence-corrected chi connectivity index (χ4v) is 2.64. The van der Waals surface area contributed by atoms with Gasteiger partial charge in [-0.25, -0.2) is 4.79 Å². The maximum Gasteiger partial charge on any atom is 0.355 e. The molecule has 1 N–H and O–H groups in total. The zero-order valence-corrected chi connectivity index (χ0v) is 13.5. The smallest absolute Gasteiger partial charge is 0.355 e. The van der Waals surface area contributed by atoms with E-state index in [0.29, 0.717) is 10.2 Å². The normalized spacial score (nSPS) is 10.3. The van der Waals surface area contributed by atoms with Gasteiger partial charge in [0.2, 0.25) is 0 Å². The number of carbonyl (C=O) groups is 1. The molecule has 0 atom stereocenters. The summed E-state index contributed by atoms with van der Waals surface area (Å²) in [6.45, 7) is 0. The molecule has 0 radical (unpaired) electrons. The van der Waals surface area contributed by atoms with Gasteiger partial charge in [-0.3, -0.25) is 0 Å². The second-order valence-corrected chi connectivity index (χ2v) is 5.31. The molecular weight excluding hydrogens is 378 g/mol. The lowest BCUT2D eigenvalue weighted by atomic mass is 10.1. The molecule has 19 heavy (non-hydrogen) atoms. The third kappa shape index (κ3) is 2.69. The first-order chi connectivity index (χ1) is 9.08. The highest BCUT2D eigenvalue weighted by atomic mass is 79.9. The van der Waals surface area contributed by atoms with Gasteiger partial charge in [0.1, 0.15) is 11.4 Å². The number of aromatic amines is 1. The lowest BCUT2D eigenvalue weighted by molar-refractivity contribution is 0.0594. The quantitative estimate of drug-likeness (QED) is 0.808. The molecule has 100 valence electrons. The first-order valence-electron chi connectivity index (χ1n) is 5.38. The molecule has 1 aromatic heterocycles. The molecule has 4 nitrogen and oxygen atoms in total. The van der Waals surface area contributed by atoms with Gasteiger partial charge in [0.05, 0.1) is 28.9 Å². The molecule has 6 heteroatoms. The van der Waals surface area contributed by atoms with Crippen LogP contribution in [-0.2, 0) is 4.74 Å². The summed E-state index contributed by atoms with van der Waals surface area (Å²) < 4.78 is 11.3. The van der Waals surface area contributed by atoms with Crippen molar-refractivity contribution in [2.24, 2.45) is 0 Å². The van der Waals surface area contributed by atoms with Crippen LogP contribution in [0, 0.1) is 0 Å². The molecule has 0 spiro atoms. The van der Waals surface area contributed by atoms with Crippen LogP contribution in [0.1, 0.15) is 10.5 Å². The number of aromatic nitrogens is 1. The van der Waals surface area contributed by atoms with Crippen molar-refractivity contribution in [1.82, 2.24) is 4.98 Å². The van der Waals surface area contributed by atoms with Gasteiger partial charge in [0, 0.05) is 0 Å². The third-order valence-corrected chi connectivity index (χ3v) is 4.77. The molecule has 0 aliphatic heterocycles. The minimum absolute atomic E-state index is 0.375. The van der Waals surface area contributed by atoms with Gasteiger partial charge in [0.15, 0.2) is 0 Å². The van der Waals surface area contributed by atoms with Gasteiger partial charge >= 0.3 is 5.97 Å². The molecule has 0 saturated heterocycles. The van der Waals surface area contributed by atoms with Gasteiger partial charge in [-0.2, -0.15) is 0 Å². The first kappa shape index (κ1) is 14.1. The van der Waals surface area contributed by atoms with Crippen molar-refractivity contribution < 1.29 is 14.3 Å². The summed E-state index contributed by atoms with van der Waals surface area (Å²) in [6.07, 6.45) is 0. The highest BCUT2D eigenvalue weighted by Gasteiger charge is 2.20. The number of ether oxygens (including phenoxy) is 2. The standard InChI is InChI=1S/C13H11Br2NO3/c1-18-8-5-3-7(4-6-8)11-9(14)10(15)12(16-11)13(17)19-2/h3-6,16H,1-2H3. The molecule has 0 aliphatic carbocycles. The van der Waals surface area contributed by atoms with Crippen LogP contribution in [0.4, 0.5) is 0 Å². The Hall–Kier alpha value is -1.27. The van der Waals surface area contributed by atoms with E-state index in [4.69, 9.17) is 9.47 Å². The zero-order chi connectivity index (χ0) is 14.0. The number of carbonyl (C=O) groups excluding carboxylic acids is 1. The average Bonchev–Trinajstić information content (AvgIpc) is 2.75. The molecule has 0 unspecified atom stereocenters. The number of nitrogens with one attached hydrogen (secondary N) is 1. The van der Waals surface area contributed by atoms with Crippen LogP contribution in [0.3, 0.4) is 0 Å². The summed E-state index contributed by atoms with van der Waals surface area (Å²) in [6, 6.07) is 7.52. The SMILES string of the molecule is COC(=O)c1[nH]c(-c2ccc(OC)cc2)c(Br)c1Br. The molecular formula is C13H11Br2NO3. The van der Waals surface area contributed by atoms with Gasteiger partial charge in [0.25, 0.3) is 0 Å². The van der Waals surface area contributed by atoms with E-state index in [1.165, 1.54) is 7.11 Å². The fourth-order valence-electron chi connectivity index (χ4n) is 1.65. The van der Waals surface area contributed by atoms with E-state index in [0.717, 1.165) is 21.5 Å². The van der Waals surface area contributed by atoms with Crippen molar-refractivity contribution in [2.45, 2.75) is 0 Å². The Kier molecular flexibility index (Phi) is 4.31. The van der Waals surface area contributed by atoms with E-state index < -0.39 is 5.97 Å². The summed E-state index contributed by atoms with van der Waals surface area (Å²) in [5.41, 5.74) is 2.11. The first-order valence-corrected chi connectivity index (χ1v) is 6.96. The van der Waals surface area contributed by atoms with Gasteiger partial charge in [-0.15, -0.1) is 0 Å². The van der Waals surface area contributed by atoms with Gasteiger partial charge in [-0.05, 0) is 61.7 Å². The molecule has 0 amide bonds. The van der Waals surface area contributed by atoms with Crippen LogP contribution in [0.5, 0.6) is 5.75 Å². The average molecular weight is 389 g/mol. The van der Waals surface area contributed by atoms with Crippen molar-refractivity contribution in [3.8, 4) is 17.0 Å². The number of halogens is 2. The highest BCUT2D eigenvalue weighted by molar-refractivity contribution is 9.13. The highest BCUT2D eigenvalue weighted by Crippen LogP contribution is 2.37. The predicted octanol–water partition coefficient (Wildman–Crippen LogP) is 4.00. The Morgan fingerprint density at radius 3 is 2.26 bits per heavy atom. The molecule has 2 rings (SSSR count). The van der Waals surface area contributed by atoms with Crippen LogP contribution in [0.25, 0.3) is 11.3 Å². The van der Waals surface area contributed by atoms with Crippen molar-refractivity contribution in [1.29, 1.82) is 0 Å². The van der Waals surface area contributed by atoms with Crippen LogP contribution in [0.15, 0.2) is 33.2 Å². The summed E-state index contributed by atoms with van der Waals surface area (Å²) >= 11 is 6.82. The minimum Gasteiger partial charge on any atom is -0.497 e. The Morgan fingerprint density at radius 2 is 1.74 bits per heavy atom. The lowest BCUT2D eigenvalue weighted by Gasteiger charge is -2.02. The van der Waals surface area contributed by atoms with E-state index in [1.54, 1.807) is 7.11 Å². The Labute approximate surface area is 127 Å². The summed E-state index contributed by atoms with van der Waals surface area (Å²) in [5, 5.41) is 0. The lowest BCUT2D eigenvalue weighted by Crippen LogP contribution is -2.02. The number of hydrogen-bond acceptors (Lipinski definition) is 3. The summed E-state index contributed by atoms with van der Waals surface area (Å²) in [4.78, 5) is 14.7. The zero-order valence-electron chi connectivity index (χ0n) is 10.3. The van der Waals surface area contributed by atoms with E-state index in [1.807, 2.05) is 24.3 Å². The second kappa shape index (κ2) is 5.79. The minimum atomic E-state index is -0.424. The fraction of sp³-hybridized carbons (Fsp3) is 0.154. The van der Waals surface area contributed by atoms with Gasteiger partial charge < -0.3 is 14.5 Å². The van der Waals surface area contributed by atoms with Crippen molar-refractivity contribution in [3.63, 3.8) is 0 Å². The van der Waals surface area contributed by atoms with E-state index in [-0.39, 0.29) is 0 Å². The maximum absolute atomic E-state index is 11.6. The van der Waals surface area contributed by atoms with Gasteiger partial charge in [-0.1, -0.05) is 0 Å². The second-order valence-electron chi connectivity index (χ2n) is 3.72. The monoisotopic (exact) mass is 387 g/mol. The Morgan fingerprint density at radius 1 is 1.11 bits per heavy atom. The largest absolute Gasteiger partial charge is 0.497 e. The topological polar surface area (TPSA) is 51.3 Å². The summed E-state index contributed by atoms with van der Waals surface area (Å²) in [7, 11) is 2.96. The molecule has 0 saturated carbocycles. The van der Waals surface area contributed by atoms with Crippen molar-refractivity contribution in [3.05, 3.63) is 38.9 Å². The number of H-pyrrole nitrogens is 1. The molecule has 1 heterocycles. The molecule has 2 aromatic rings. The molecule has 0 aliphatic rings. The number of hydrogen-bond donors (Lipinski definition) is 1. The van der Waals surface area contributed by atoms with E-state index in [2.05, 4.69) is 36.8 Å².